The van der Waals surface area contributed by atoms with E-state index in [1.165, 1.54) is 0 Å². The summed E-state index contributed by atoms with van der Waals surface area (Å²) in [7, 11) is 0. The summed E-state index contributed by atoms with van der Waals surface area (Å²) in [6.07, 6.45) is 0.614. The quantitative estimate of drug-likeness (QED) is 0.698. The van der Waals surface area contributed by atoms with Crippen LogP contribution in [-0.4, -0.2) is 22.2 Å². The second kappa shape index (κ2) is 5.71. The first-order valence-corrected chi connectivity index (χ1v) is 5.96. The highest BCUT2D eigenvalue weighted by Gasteiger charge is 2.28. The molecule has 0 aromatic heterocycles. The van der Waals surface area contributed by atoms with E-state index in [1.54, 1.807) is 0 Å². The number of allylic oxidation sites excluding steroid dienone is 2. The van der Waals surface area contributed by atoms with E-state index in [0.717, 1.165) is 22.5 Å². The lowest BCUT2D eigenvalue weighted by Crippen LogP contribution is -2.27. The Kier molecular flexibility index (Phi) is 4.53. The van der Waals surface area contributed by atoms with Crippen LogP contribution in [0.2, 0.25) is 0 Å². The summed E-state index contributed by atoms with van der Waals surface area (Å²) in [5.41, 5.74) is 3.23. The normalized spacial score (nSPS) is 16.8. The van der Waals surface area contributed by atoms with Crippen LogP contribution in [0.25, 0.3) is 0 Å². The molecule has 1 heterocycles. The van der Waals surface area contributed by atoms with Crippen LogP contribution in [0.15, 0.2) is 22.5 Å². The van der Waals surface area contributed by atoms with Gasteiger partial charge in [0.2, 0.25) is 0 Å². The summed E-state index contributed by atoms with van der Waals surface area (Å²) in [6.45, 7) is 5.62. The lowest BCUT2D eigenvalue weighted by atomic mass is 9.81. The predicted octanol–water partition coefficient (Wildman–Crippen LogP) is 2.11. The van der Waals surface area contributed by atoms with Crippen molar-refractivity contribution in [2.75, 3.05) is 0 Å². The van der Waals surface area contributed by atoms with Gasteiger partial charge in [-0.1, -0.05) is 6.92 Å². The molecule has 0 radical (unpaired) electrons. The number of hydrogen-bond donors (Lipinski definition) is 3. The molecule has 3 N–H and O–H groups in total. The molecule has 0 aromatic carbocycles. The van der Waals surface area contributed by atoms with E-state index in [2.05, 4.69) is 5.32 Å². The summed E-state index contributed by atoms with van der Waals surface area (Å²) in [6, 6.07) is 0. The molecule has 0 atom stereocenters. The Hall–Kier alpha value is -1.78. The largest absolute Gasteiger partial charge is 0.481 e. The molecule has 0 spiro atoms. The number of rotatable bonds is 5. The zero-order valence-corrected chi connectivity index (χ0v) is 10.9. The molecule has 1 aliphatic rings. The fourth-order valence-electron chi connectivity index (χ4n) is 2.51. The van der Waals surface area contributed by atoms with E-state index < -0.39 is 11.9 Å². The van der Waals surface area contributed by atoms with Crippen molar-refractivity contribution < 1.29 is 19.8 Å². The Labute approximate surface area is 106 Å². The van der Waals surface area contributed by atoms with Crippen LogP contribution in [0.5, 0.6) is 0 Å². The van der Waals surface area contributed by atoms with Crippen molar-refractivity contribution in [3.8, 4) is 0 Å². The Morgan fingerprint density at radius 2 is 1.44 bits per heavy atom. The summed E-state index contributed by atoms with van der Waals surface area (Å²) in [5, 5.41) is 21.0. The van der Waals surface area contributed by atoms with Gasteiger partial charge in [0.15, 0.2) is 0 Å². The van der Waals surface area contributed by atoms with Gasteiger partial charge in [-0.2, -0.15) is 0 Å². The molecule has 0 aromatic rings. The van der Waals surface area contributed by atoms with Gasteiger partial charge in [-0.25, -0.2) is 0 Å². The average Bonchev–Trinajstić information content (AvgIpc) is 2.24. The van der Waals surface area contributed by atoms with Crippen molar-refractivity contribution >= 4 is 11.9 Å². The number of dihydropyridines is 1. The summed E-state index contributed by atoms with van der Waals surface area (Å²) < 4.78 is 0. The number of carbonyl (C=O) groups is 2. The topological polar surface area (TPSA) is 86.6 Å². The third kappa shape index (κ3) is 3.12. The molecular weight excluding hydrogens is 234 g/mol. The standard InChI is InChI=1S/C13H19NO4/c1-4-9-10(5-12(15)16)7(2)14-8(3)11(9)6-13(17)18/h9,14H,4-6H2,1-3H3,(H,15,16)(H,17,18). The maximum Gasteiger partial charge on any atom is 0.307 e. The third-order valence-corrected chi connectivity index (χ3v) is 3.27. The first kappa shape index (κ1) is 14.3. The molecule has 5 heteroatoms. The lowest BCUT2D eigenvalue weighted by molar-refractivity contribution is -0.137. The zero-order valence-electron chi connectivity index (χ0n) is 10.9. The summed E-state index contributed by atoms with van der Waals surface area (Å²) in [4.78, 5) is 21.8. The summed E-state index contributed by atoms with van der Waals surface area (Å²) in [5.74, 6) is -1.86. The van der Waals surface area contributed by atoms with Crippen molar-refractivity contribution in [1.82, 2.24) is 5.32 Å². The Morgan fingerprint density at radius 3 is 1.72 bits per heavy atom. The SMILES string of the molecule is CCC1C(CC(=O)O)=C(C)NC(C)=C1CC(=O)O. The average molecular weight is 253 g/mol. The molecule has 0 fully saturated rings. The van der Waals surface area contributed by atoms with Crippen molar-refractivity contribution in [2.24, 2.45) is 5.92 Å². The fraction of sp³-hybridized carbons (Fsp3) is 0.538. The van der Waals surface area contributed by atoms with Crippen LogP contribution < -0.4 is 5.32 Å². The molecule has 100 valence electrons. The number of carboxylic acids is 2. The second-order valence-corrected chi connectivity index (χ2v) is 4.53. The predicted molar refractivity (Wildman–Crippen MR) is 66.8 cm³/mol. The molecule has 0 saturated heterocycles. The minimum Gasteiger partial charge on any atom is -0.481 e. The Balaban J connectivity index is 3.09. The van der Waals surface area contributed by atoms with Crippen LogP contribution in [0, 0.1) is 5.92 Å². The highest BCUT2D eigenvalue weighted by atomic mass is 16.4. The fourth-order valence-corrected chi connectivity index (χ4v) is 2.51. The molecule has 0 amide bonds. The highest BCUT2D eigenvalue weighted by molar-refractivity contribution is 5.73. The second-order valence-electron chi connectivity index (χ2n) is 4.53. The number of hydrogen-bond acceptors (Lipinski definition) is 3. The Morgan fingerprint density at radius 1 is 1.06 bits per heavy atom. The van der Waals surface area contributed by atoms with Crippen molar-refractivity contribution in [3.63, 3.8) is 0 Å². The lowest BCUT2D eigenvalue weighted by Gasteiger charge is -2.30. The Bertz CT molecular complexity index is 396. The van der Waals surface area contributed by atoms with Crippen LogP contribution in [0.3, 0.4) is 0 Å². The molecular formula is C13H19NO4. The van der Waals surface area contributed by atoms with E-state index in [-0.39, 0.29) is 18.8 Å². The van der Waals surface area contributed by atoms with E-state index in [4.69, 9.17) is 10.2 Å². The van der Waals surface area contributed by atoms with Gasteiger partial charge in [0.25, 0.3) is 0 Å². The minimum atomic E-state index is -0.890. The van der Waals surface area contributed by atoms with E-state index in [0.29, 0.717) is 6.42 Å². The number of nitrogens with one attached hydrogen (secondary N) is 1. The van der Waals surface area contributed by atoms with Gasteiger partial charge >= 0.3 is 11.9 Å². The van der Waals surface area contributed by atoms with Crippen LogP contribution in [-0.2, 0) is 9.59 Å². The van der Waals surface area contributed by atoms with Crippen LogP contribution >= 0.6 is 0 Å². The van der Waals surface area contributed by atoms with Gasteiger partial charge < -0.3 is 15.5 Å². The maximum absolute atomic E-state index is 10.9. The van der Waals surface area contributed by atoms with E-state index in [1.807, 2.05) is 20.8 Å². The monoisotopic (exact) mass is 253 g/mol. The first-order valence-electron chi connectivity index (χ1n) is 5.96. The first-order chi connectivity index (χ1) is 8.36. The zero-order chi connectivity index (χ0) is 13.9. The molecule has 5 nitrogen and oxygen atoms in total. The molecule has 1 rings (SSSR count). The van der Waals surface area contributed by atoms with Gasteiger partial charge in [0.05, 0.1) is 12.8 Å². The molecule has 0 saturated carbocycles. The molecule has 18 heavy (non-hydrogen) atoms. The van der Waals surface area contributed by atoms with E-state index in [9.17, 15) is 9.59 Å². The van der Waals surface area contributed by atoms with Gasteiger partial charge in [-0.15, -0.1) is 0 Å². The maximum atomic E-state index is 10.9. The molecule has 0 unspecified atom stereocenters. The van der Waals surface area contributed by atoms with Crippen LogP contribution in [0.1, 0.15) is 40.0 Å². The van der Waals surface area contributed by atoms with Crippen molar-refractivity contribution in [1.29, 1.82) is 0 Å². The smallest absolute Gasteiger partial charge is 0.307 e. The third-order valence-electron chi connectivity index (χ3n) is 3.27. The molecule has 0 bridgehead atoms. The van der Waals surface area contributed by atoms with Crippen LogP contribution in [0.4, 0.5) is 0 Å². The van der Waals surface area contributed by atoms with Gasteiger partial charge in [-0.05, 0) is 31.4 Å². The van der Waals surface area contributed by atoms with E-state index >= 15 is 0 Å². The molecule has 0 aliphatic carbocycles. The number of aliphatic carboxylic acids is 2. The summed E-state index contributed by atoms with van der Waals surface area (Å²) >= 11 is 0. The van der Waals surface area contributed by atoms with Gasteiger partial charge in [0.1, 0.15) is 0 Å². The van der Waals surface area contributed by atoms with Crippen molar-refractivity contribution in [3.05, 3.63) is 22.5 Å². The van der Waals surface area contributed by atoms with Gasteiger partial charge in [0, 0.05) is 17.3 Å². The van der Waals surface area contributed by atoms with Gasteiger partial charge in [-0.3, -0.25) is 9.59 Å². The minimum absolute atomic E-state index is 0.0479. The van der Waals surface area contributed by atoms with Crippen molar-refractivity contribution in [2.45, 2.75) is 40.0 Å². The molecule has 1 aliphatic heterocycles. The highest BCUT2D eigenvalue weighted by Crippen LogP contribution is 2.35. The number of carboxylic acid groups (broad SMARTS) is 2.